The number of nitrogens with one attached hydrogen (secondary N) is 1. The summed E-state index contributed by atoms with van der Waals surface area (Å²) in [5, 5.41) is 2.44. The number of ether oxygens (including phenoxy) is 2. The summed E-state index contributed by atoms with van der Waals surface area (Å²) in [5.74, 6) is -1.68. The number of rotatable bonds is 10. The molecule has 0 bridgehead atoms. The van der Waals surface area contributed by atoms with Crippen LogP contribution in [0.3, 0.4) is 0 Å². The van der Waals surface area contributed by atoms with Gasteiger partial charge in [-0.05, 0) is 13.3 Å². The fourth-order valence-corrected chi connectivity index (χ4v) is 1.32. The number of carbonyl (C=O) groups is 3. The first-order valence-electron chi connectivity index (χ1n) is 6.36. The average Bonchev–Trinajstić information content (AvgIpc) is 2.47. The van der Waals surface area contributed by atoms with E-state index in [4.69, 9.17) is 20.7 Å². The lowest BCUT2D eigenvalue weighted by molar-refractivity contribution is -0.149. The van der Waals surface area contributed by atoms with Gasteiger partial charge >= 0.3 is 12.2 Å². The second-order valence-electron chi connectivity index (χ2n) is 4.14. The van der Waals surface area contributed by atoms with Crippen LogP contribution in [0.25, 0.3) is 5.53 Å². The molecule has 0 aromatic heterocycles. The largest absolute Gasteiger partial charge is 0.463 e. The smallest absolute Gasteiger partial charge is 0.328 e. The van der Waals surface area contributed by atoms with E-state index < -0.39 is 29.8 Å². The maximum Gasteiger partial charge on any atom is 0.328 e. The maximum absolute atomic E-state index is 11.8. The van der Waals surface area contributed by atoms with Gasteiger partial charge in [-0.1, -0.05) is 0 Å². The highest BCUT2D eigenvalue weighted by Crippen LogP contribution is 2.02. The molecular weight excluding hydrogens is 280 g/mol. The lowest BCUT2D eigenvalue weighted by Gasteiger charge is -2.18. The summed E-state index contributed by atoms with van der Waals surface area (Å²) in [6, 6.07) is -1.00. The molecule has 0 aromatic rings. The van der Waals surface area contributed by atoms with Gasteiger partial charge in [0, 0.05) is 20.1 Å². The van der Waals surface area contributed by atoms with Gasteiger partial charge in [-0.25, -0.2) is 4.79 Å². The number of amides is 1. The van der Waals surface area contributed by atoms with E-state index in [1.165, 1.54) is 14.0 Å². The predicted octanol–water partition coefficient (Wildman–Crippen LogP) is -1.34. The molecular formula is C12H20N4O5. The van der Waals surface area contributed by atoms with Gasteiger partial charge in [-0.3, -0.25) is 9.59 Å². The molecule has 0 rings (SSSR count). The highest BCUT2D eigenvalue weighted by atomic mass is 16.5. The SMILES string of the molecule is CO[C@H](C)C(=O)N[C@@H](CCC(=O)C=[N+]=[N-])C(=O)OCCN. The van der Waals surface area contributed by atoms with Crippen molar-refractivity contribution in [2.24, 2.45) is 5.73 Å². The number of hydrogen-bond donors (Lipinski definition) is 2. The third-order valence-electron chi connectivity index (χ3n) is 2.57. The van der Waals surface area contributed by atoms with E-state index in [0.29, 0.717) is 0 Å². The number of nitrogens with two attached hydrogens (primary N) is 1. The van der Waals surface area contributed by atoms with E-state index in [-0.39, 0.29) is 26.0 Å². The van der Waals surface area contributed by atoms with Gasteiger partial charge in [-0.2, -0.15) is 4.79 Å². The Labute approximate surface area is 122 Å². The number of carbonyl (C=O) groups excluding carboxylic acids is 3. The van der Waals surface area contributed by atoms with Crippen molar-refractivity contribution in [2.45, 2.75) is 31.9 Å². The Morgan fingerprint density at radius 2 is 2.10 bits per heavy atom. The molecule has 0 aliphatic heterocycles. The third-order valence-corrected chi connectivity index (χ3v) is 2.57. The normalized spacial score (nSPS) is 12.7. The topological polar surface area (TPSA) is 144 Å². The minimum Gasteiger partial charge on any atom is -0.463 e. The molecule has 0 aromatic carbocycles. The number of esters is 1. The molecule has 0 aliphatic carbocycles. The van der Waals surface area contributed by atoms with E-state index in [0.717, 1.165) is 6.21 Å². The number of hydrogen-bond acceptors (Lipinski definition) is 6. The molecule has 118 valence electrons. The summed E-state index contributed by atoms with van der Waals surface area (Å²) < 4.78 is 9.68. The summed E-state index contributed by atoms with van der Waals surface area (Å²) in [4.78, 5) is 37.3. The van der Waals surface area contributed by atoms with Crippen molar-refractivity contribution < 1.29 is 28.6 Å². The molecule has 3 N–H and O–H groups in total. The predicted molar refractivity (Wildman–Crippen MR) is 72.3 cm³/mol. The van der Waals surface area contributed by atoms with Gasteiger partial charge in [0.1, 0.15) is 18.8 Å². The lowest BCUT2D eigenvalue weighted by atomic mass is 10.1. The minimum absolute atomic E-state index is 0.0103. The van der Waals surface area contributed by atoms with E-state index in [1.54, 1.807) is 0 Å². The van der Waals surface area contributed by atoms with Crippen molar-refractivity contribution in [1.82, 2.24) is 5.32 Å². The molecule has 1 amide bonds. The van der Waals surface area contributed by atoms with Crippen molar-refractivity contribution in [3.63, 3.8) is 0 Å². The summed E-state index contributed by atoms with van der Waals surface area (Å²) in [6.45, 7) is 1.68. The molecule has 21 heavy (non-hydrogen) atoms. The summed E-state index contributed by atoms with van der Waals surface area (Å²) in [6.07, 6.45) is -0.101. The fourth-order valence-electron chi connectivity index (χ4n) is 1.32. The Morgan fingerprint density at radius 3 is 2.62 bits per heavy atom. The van der Waals surface area contributed by atoms with Crippen molar-refractivity contribution in [3.05, 3.63) is 5.53 Å². The van der Waals surface area contributed by atoms with Gasteiger partial charge in [0.25, 0.3) is 0 Å². The molecule has 9 nitrogen and oxygen atoms in total. The van der Waals surface area contributed by atoms with Gasteiger partial charge in [0.15, 0.2) is 0 Å². The van der Waals surface area contributed by atoms with Crippen LogP contribution < -0.4 is 11.1 Å². The van der Waals surface area contributed by atoms with Crippen LogP contribution in [-0.2, 0) is 23.9 Å². The van der Waals surface area contributed by atoms with Crippen LogP contribution in [0.15, 0.2) is 0 Å². The van der Waals surface area contributed by atoms with Crippen molar-refractivity contribution >= 4 is 23.9 Å². The molecule has 9 heteroatoms. The standard InChI is InChI=1S/C12H20N4O5/c1-8(20-2)11(18)16-10(12(19)21-6-5-13)4-3-9(17)7-15-14/h7-8,10H,3-6,13H2,1-2H3,(H,16,18)/t8-,10+/m1/s1. The molecule has 0 aliphatic rings. The zero-order valence-corrected chi connectivity index (χ0v) is 12.1. The second kappa shape index (κ2) is 10.7. The van der Waals surface area contributed by atoms with Gasteiger partial charge < -0.3 is 26.1 Å². The molecule has 0 spiro atoms. The molecule has 2 atom stereocenters. The molecule has 0 unspecified atom stereocenters. The van der Waals surface area contributed by atoms with Crippen LogP contribution in [-0.4, -0.2) is 61.1 Å². The molecule has 0 saturated carbocycles. The van der Waals surface area contributed by atoms with Crippen LogP contribution in [0.5, 0.6) is 0 Å². The summed E-state index contributed by atoms with van der Waals surface area (Å²) in [5.41, 5.74) is 13.5. The van der Waals surface area contributed by atoms with E-state index >= 15 is 0 Å². The lowest BCUT2D eigenvalue weighted by Crippen LogP contribution is -2.46. The van der Waals surface area contributed by atoms with E-state index in [2.05, 4.69) is 10.1 Å². The first-order valence-corrected chi connectivity index (χ1v) is 6.36. The molecule has 0 saturated heterocycles. The average molecular weight is 300 g/mol. The van der Waals surface area contributed by atoms with Crippen LogP contribution >= 0.6 is 0 Å². The number of nitrogens with zero attached hydrogens (tertiary/aromatic N) is 2. The van der Waals surface area contributed by atoms with E-state index in [9.17, 15) is 14.4 Å². The Balaban J connectivity index is 4.67. The molecule has 0 fully saturated rings. The van der Waals surface area contributed by atoms with Crippen LogP contribution in [0.2, 0.25) is 0 Å². The number of Topliss-reactive ketones (excluding diaryl/α,β-unsaturated/α-hetero) is 1. The van der Waals surface area contributed by atoms with Crippen molar-refractivity contribution in [3.8, 4) is 0 Å². The maximum atomic E-state index is 11.8. The Hall–Kier alpha value is -2.09. The van der Waals surface area contributed by atoms with Gasteiger partial charge in [0.2, 0.25) is 11.7 Å². The van der Waals surface area contributed by atoms with E-state index in [1.807, 2.05) is 0 Å². The summed E-state index contributed by atoms with van der Waals surface area (Å²) in [7, 11) is 1.35. The molecule has 0 heterocycles. The highest BCUT2D eigenvalue weighted by Gasteiger charge is 2.25. The van der Waals surface area contributed by atoms with Gasteiger partial charge in [0.05, 0.1) is 0 Å². The Morgan fingerprint density at radius 1 is 1.43 bits per heavy atom. The monoisotopic (exact) mass is 300 g/mol. The third kappa shape index (κ3) is 7.93. The first kappa shape index (κ1) is 18.9. The molecule has 0 radical (unpaired) electrons. The second-order valence-corrected chi connectivity index (χ2v) is 4.14. The number of methoxy groups -OCH3 is 1. The Kier molecular flexibility index (Phi) is 9.61. The van der Waals surface area contributed by atoms with Crippen LogP contribution in [0.1, 0.15) is 19.8 Å². The zero-order valence-electron chi connectivity index (χ0n) is 12.1. The fraction of sp³-hybridized carbons (Fsp3) is 0.667. The van der Waals surface area contributed by atoms with Crippen LogP contribution in [0.4, 0.5) is 0 Å². The van der Waals surface area contributed by atoms with Crippen molar-refractivity contribution in [2.75, 3.05) is 20.3 Å². The van der Waals surface area contributed by atoms with Crippen LogP contribution in [0, 0.1) is 0 Å². The van der Waals surface area contributed by atoms with Crippen molar-refractivity contribution in [1.29, 1.82) is 0 Å². The minimum atomic E-state index is -1.00. The zero-order chi connectivity index (χ0) is 16.3. The number of ketones is 1. The summed E-state index contributed by atoms with van der Waals surface area (Å²) >= 11 is 0. The first-order chi connectivity index (χ1) is 9.96. The Bertz CT molecular complexity index is 420. The highest BCUT2D eigenvalue weighted by molar-refractivity contribution is 6.25. The quantitative estimate of drug-likeness (QED) is 0.221. The van der Waals surface area contributed by atoms with Gasteiger partial charge in [-0.15, -0.1) is 0 Å².